The molecule has 0 spiro atoms. The maximum Gasteiger partial charge on any atom is 0.0603 e. The number of unbranched alkanes of at least 4 members (excludes halogenated alkanes) is 1. The predicted molar refractivity (Wildman–Crippen MR) is 76.8 cm³/mol. The Morgan fingerprint density at radius 1 is 1.47 bits per heavy atom. The van der Waals surface area contributed by atoms with Crippen molar-refractivity contribution in [2.24, 2.45) is 10.9 Å². The minimum absolute atomic E-state index is 0.630. The molecule has 1 aliphatic rings. The van der Waals surface area contributed by atoms with E-state index in [4.69, 9.17) is 0 Å². The average Bonchev–Trinajstić information content (AvgIpc) is 3.10. The molecule has 0 radical (unpaired) electrons. The van der Waals surface area contributed by atoms with Crippen LogP contribution in [0, 0.1) is 5.92 Å². The number of hydrogen-bond donors (Lipinski definition) is 0. The molecule has 1 aliphatic heterocycles. The first kappa shape index (κ1) is 14.4. The Morgan fingerprint density at radius 3 is 2.82 bits per heavy atom. The lowest BCUT2D eigenvalue weighted by molar-refractivity contribution is 0.425. The van der Waals surface area contributed by atoms with Crippen LogP contribution in [0.1, 0.15) is 46.5 Å². The first-order valence-corrected chi connectivity index (χ1v) is 7.10. The minimum Gasteiger partial charge on any atom is -0.293 e. The van der Waals surface area contributed by atoms with E-state index in [1.54, 1.807) is 0 Å². The van der Waals surface area contributed by atoms with Gasteiger partial charge in [0.2, 0.25) is 0 Å². The summed E-state index contributed by atoms with van der Waals surface area (Å²) in [4.78, 5) is 7.12. The predicted octanol–water partition coefficient (Wildman–Crippen LogP) is 3.53. The summed E-state index contributed by atoms with van der Waals surface area (Å²) in [5, 5.41) is 0. The van der Waals surface area contributed by atoms with Crippen LogP contribution >= 0.6 is 0 Å². The highest BCUT2D eigenvalue weighted by molar-refractivity contribution is 5.89. The Hall–Kier alpha value is -0.630. The lowest BCUT2D eigenvalue weighted by atomic mass is 10.0. The summed E-state index contributed by atoms with van der Waals surface area (Å²) in [5.74, 6) is 0.666. The van der Waals surface area contributed by atoms with Crippen molar-refractivity contribution >= 4 is 5.71 Å². The molecule has 1 fully saturated rings. The van der Waals surface area contributed by atoms with Gasteiger partial charge < -0.3 is 0 Å². The highest BCUT2D eigenvalue weighted by atomic mass is 15.3. The molecule has 0 N–H and O–H groups in total. The van der Waals surface area contributed by atoms with Gasteiger partial charge in [0.05, 0.1) is 6.04 Å². The van der Waals surface area contributed by atoms with Crippen LogP contribution in [0.2, 0.25) is 0 Å². The summed E-state index contributed by atoms with van der Waals surface area (Å²) in [5.41, 5.74) is 1.32. The SMILES string of the molecule is C=CC(CCCC)CN1CC1C(C)=NCCC. The van der Waals surface area contributed by atoms with Gasteiger partial charge in [-0.25, -0.2) is 0 Å². The van der Waals surface area contributed by atoms with Crippen molar-refractivity contribution in [1.29, 1.82) is 0 Å². The molecule has 0 saturated carbocycles. The van der Waals surface area contributed by atoms with Gasteiger partial charge in [-0.05, 0) is 25.7 Å². The van der Waals surface area contributed by atoms with Crippen LogP contribution in [0.15, 0.2) is 17.6 Å². The van der Waals surface area contributed by atoms with Gasteiger partial charge in [-0.1, -0.05) is 32.8 Å². The van der Waals surface area contributed by atoms with Crippen molar-refractivity contribution in [3.8, 4) is 0 Å². The number of aliphatic imine (C=N–C) groups is 1. The molecule has 3 unspecified atom stereocenters. The maximum absolute atomic E-state index is 4.60. The Labute approximate surface area is 107 Å². The molecule has 0 aromatic carbocycles. The van der Waals surface area contributed by atoms with Gasteiger partial charge in [0.15, 0.2) is 0 Å². The Bertz CT molecular complexity index is 258. The maximum atomic E-state index is 4.60. The molecule has 1 rings (SSSR count). The fraction of sp³-hybridized carbons (Fsp3) is 0.800. The molecule has 0 bridgehead atoms. The summed E-state index contributed by atoms with van der Waals surface area (Å²) in [6, 6.07) is 0.630. The van der Waals surface area contributed by atoms with Crippen LogP contribution in [0.25, 0.3) is 0 Å². The van der Waals surface area contributed by atoms with Crippen molar-refractivity contribution in [3.63, 3.8) is 0 Å². The second-order valence-electron chi connectivity index (χ2n) is 5.13. The van der Waals surface area contributed by atoms with Crippen LogP contribution in [0.5, 0.6) is 0 Å². The molecule has 17 heavy (non-hydrogen) atoms. The first-order valence-electron chi connectivity index (χ1n) is 7.10. The van der Waals surface area contributed by atoms with E-state index in [1.807, 2.05) is 0 Å². The van der Waals surface area contributed by atoms with Crippen LogP contribution in [-0.2, 0) is 0 Å². The zero-order chi connectivity index (χ0) is 12.7. The van der Waals surface area contributed by atoms with E-state index < -0.39 is 0 Å². The van der Waals surface area contributed by atoms with Crippen LogP contribution in [-0.4, -0.2) is 36.3 Å². The first-order chi connectivity index (χ1) is 8.22. The summed E-state index contributed by atoms with van der Waals surface area (Å²) < 4.78 is 0. The zero-order valence-electron chi connectivity index (χ0n) is 11.8. The monoisotopic (exact) mass is 236 g/mol. The van der Waals surface area contributed by atoms with Crippen LogP contribution < -0.4 is 0 Å². The van der Waals surface area contributed by atoms with Gasteiger partial charge in [0.25, 0.3) is 0 Å². The van der Waals surface area contributed by atoms with Crippen LogP contribution in [0.4, 0.5) is 0 Å². The Balaban J connectivity index is 2.28. The van der Waals surface area contributed by atoms with Crippen molar-refractivity contribution in [3.05, 3.63) is 12.7 Å². The number of hydrogen-bond acceptors (Lipinski definition) is 2. The fourth-order valence-electron chi connectivity index (χ4n) is 2.22. The smallest absolute Gasteiger partial charge is 0.0603 e. The topological polar surface area (TPSA) is 15.4 Å². The molecule has 1 heterocycles. The average molecular weight is 236 g/mol. The molecule has 3 atom stereocenters. The highest BCUT2D eigenvalue weighted by Crippen LogP contribution is 2.23. The molecule has 2 nitrogen and oxygen atoms in total. The third-order valence-corrected chi connectivity index (χ3v) is 3.51. The van der Waals surface area contributed by atoms with Gasteiger partial charge >= 0.3 is 0 Å². The van der Waals surface area contributed by atoms with E-state index in [2.05, 4.69) is 43.3 Å². The second kappa shape index (κ2) is 7.65. The van der Waals surface area contributed by atoms with Gasteiger partial charge in [0.1, 0.15) is 0 Å². The van der Waals surface area contributed by atoms with E-state index >= 15 is 0 Å². The van der Waals surface area contributed by atoms with Gasteiger partial charge in [-0.15, -0.1) is 6.58 Å². The van der Waals surface area contributed by atoms with E-state index in [9.17, 15) is 0 Å². The standard InChI is InChI=1S/C15H28N2/c1-5-8-9-14(7-3)11-17-12-15(17)13(4)16-10-6-2/h7,14-15H,3,5-6,8-12H2,1-2,4H3. The van der Waals surface area contributed by atoms with Crippen molar-refractivity contribution in [2.75, 3.05) is 19.6 Å². The van der Waals surface area contributed by atoms with E-state index in [1.165, 1.54) is 38.1 Å². The molecule has 0 aromatic rings. The quantitative estimate of drug-likeness (QED) is 0.340. The number of nitrogens with zero attached hydrogens (tertiary/aromatic N) is 2. The molecule has 2 heteroatoms. The van der Waals surface area contributed by atoms with Gasteiger partial charge in [0, 0.05) is 25.3 Å². The fourth-order valence-corrected chi connectivity index (χ4v) is 2.22. The molecule has 0 aliphatic carbocycles. The van der Waals surface area contributed by atoms with Crippen molar-refractivity contribution in [1.82, 2.24) is 4.90 Å². The molecular weight excluding hydrogens is 208 g/mol. The van der Waals surface area contributed by atoms with E-state index in [0.29, 0.717) is 12.0 Å². The van der Waals surface area contributed by atoms with Crippen LogP contribution in [0.3, 0.4) is 0 Å². The molecule has 98 valence electrons. The van der Waals surface area contributed by atoms with Crippen molar-refractivity contribution < 1.29 is 0 Å². The summed E-state index contributed by atoms with van der Waals surface area (Å²) in [7, 11) is 0. The lowest BCUT2D eigenvalue weighted by Crippen LogP contribution is -2.17. The van der Waals surface area contributed by atoms with Gasteiger partial charge in [-0.3, -0.25) is 9.89 Å². The highest BCUT2D eigenvalue weighted by Gasteiger charge is 2.36. The van der Waals surface area contributed by atoms with E-state index in [-0.39, 0.29) is 0 Å². The van der Waals surface area contributed by atoms with Gasteiger partial charge in [-0.2, -0.15) is 0 Å². The minimum atomic E-state index is 0.630. The molecule has 1 saturated heterocycles. The summed E-state index contributed by atoms with van der Waals surface area (Å²) >= 11 is 0. The zero-order valence-corrected chi connectivity index (χ0v) is 11.8. The largest absolute Gasteiger partial charge is 0.293 e. The van der Waals surface area contributed by atoms with Crippen molar-refractivity contribution in [2.45, 2.75) is 52.5 Å². The Kier molecular flexibility index (Phi) is 6.49. The summed E-state index contributed by atoms with van der Waals surface area (Å²) in [6.45, 7) is 13.9. The molecule has 0 aromatic heterocycles. The summed E-state index contributed by atoms with van der Waals surface area (Å²) in [6.07, 6.45) is 7.16. The third-order valence-electron chi connectivity index (χ3n) is 3.51. The molecular formula is C15H28N2. The molecule has 0 amide bonds. The third kappa shape index (κ3) is 5.03. The van der Waals surface area contributed by atoms with E-state index in [0.717, 1.165) is 13.0 Å². The number of rotatable bonds is 9. The second-order valence-corrected chi connectivity index (χ2v) is 5.13. The Morgan fingerprint density at radius 2 is 2.24 bits per heavy atom. The lowest BCUT2D eigenvalue weighted by Gasteiger charge is -2.13. The normalized spacial score (nSPS) is 25.7.